The summed E-state index contributed by atoms with van der Waals surface area (Å²) in [5.41, 5.74) is 1.40. The first kappa shape index (κ1) is 14.3. The summed E-state index contributed by atoms with van der Waals surface area (Å²) in [6.45, 7) is 0. The summed E-state index contributed by atoms with van der Waals surface area (Å²) in [5, 5.41) is 2.11. The number of hydrogen-bond donors (Lipinski definition) is 0. The second-order valence-corrected chi connectivity index (χ2v) is 9.48. The van der Waals surface area contributed by atoms with Gasteiger partial charge in [0.15, 0.2) is 0 Å². The number of sulfone groups is 1. The number of nitrogens with zero attached hydrogens (tertiary/aromatic N) is 2. The van der Waals surface area contributed by atoms with Crippen molar-refractivity contribution in [3.63, 3.8) is 0 Å². The van der Waals surface area contributed by atoms with Gasteiger partial charge in [0.05, 0.1) is 5.75 Å². The Bertz CT molecular complexity index is 737. The van der Waals surface area contributed by atoms with Gasteiger partial charge in [-0.15, -0.1) is 23.1 Å². The minimum atomic E-state index is -2.91. The number of aryl methyl sites for hydroxylation is 2. The summed E-state index contributed by atoms with van der Waals surface area (Å²) in [5.74, 6) is 0.741. The second kappa shape index (κ2) is 5.61. The van der Waals surface area contributed by atoms with Crippen LogP contribution in [-0.2, 0) is 22.7 Å². The van der Waals surface area contributed by atoms with Gasteiger partial charge in [-0.1, -0.05) is 0 Å². The molecule has 0 radical (unpaired) electrons. The molecule has 3 rings (SSSR count). The predicted octanol–water partition coefficient (Wildman–Crippen LogP) is 2.71. The van der Waals surface area contributed by atoms with Crippen LogP contribution in [0.1, 0.15) is 23.3 Å². The molecule has 4 nitrogen and oxygen atoms in total. The number of fused-ring (bicyclic) bond motifs is 3. The average Bonchev–Trinajstić information content (AvgIpc) is 2.76. The highest BCUT2D eigenvalue weighted by atomic mass is 32.2. The number of hydrogen-bond acceptors (Lipinski definition) is 6. The van der Waals surface area contributed by atoms with E-state index < -0.39 is 9.84 Å². The molecule has 0 saturated heterocycles. The van der Waals surface area contributed by atoms with E-state index in [0.717, 1.165) is 22.7 Å². The van der Waals surface area contributed by atoms with Crippen LogP contribution in [0.5, 0.6) is 0 Å². The Morgan fingerprint density at radius 3 is 2.90 bits per heavy atom. The number of aromatic nitrogens is 2. The first-order chi connectivity index (χ1) is 9.54. The standard InChI is InChI=1S/C13H16N2O2S3/c1-20(16,17)7-6-18-12-11-9-4-2-3-5-10(9)19-13(11)15-8-14-12/h8H,2-7H2,1H3. The van der Waals surface area contributed by atoms with E-state index in [1.165, 1.54) is 46.7 Å². The molecule has 0 aromatic carbocycles. The first-order valence-corrected chi connectivity index (χ1v) is 10.5. The maximum atomic E-state index is 11.2. The van der Waals surface area contributed by atoms with Crippen molar-refractivity contribution in [1.29, 1.82) is 0 Å². The molecule has 20 heavy (non-hydrogen) atoms. The number of rotatable bonds is 4. The lowest BCUT2D eigenvalue weighted by Gasteiger charge is -2.11. The van der Waals surface area contributed by atoms with E-state index in [0.29, 0.717) is 5.75 Å². The zero-order chi connectivity index (χ0) is 14.2. The number of thiophene rings is 1. The molecule has 0 unspecified atom stereocenters. The monoisotopic (exact) mass is 328 g/mol. The molecule has 2 aromatic heterocycles. The Balaban J connectivity index is 1.92. The van der Waals surface area contributed by atoms with Crippen LogP contribution >= 0.6 is 23.1 Å². The molecule has 108 valence electrons. The van der Waals surface area contributed by atoms with Crippen LogP contribution in [-0.4, -0.2) is 36.1 Å². The van der Waals surface area contributed by atoms with Crippen molar-refractivity contribution in [3.05, 3.63) is 16.8 Å². The van der Waals surface area contributed by atoms with Crippen molar-refractivity contribution in [1.82, 2.24) is 9.97 Å². The molecule has 0 saturated carbocycles. The molecule has 7 heteroatoms. The highest BCUT2D eigenvalue weighted by Gasteiger charge is 2.20. The molecule has 0 aliphatic heterocycles. The minimum absolute atomic E-state index is 0.190. The van der Waals surface area contributed by atoms with Crippen LogP contribution in [0.4, 0.5) is 0 Å². The minimum Gasteiger partial charge on any atom is -0.229 e. The molecular formula is C13H16N2O2S3. The molecule has 1 aliphatic rings. The van der Waals surface area contributed by atoms with E-state index in [1.807, 2.05) is 0 Å². The first-order valence-electron chi connectivity index (χ1n) is 6.60. The van der Waals surface area contributed by atoms with Gasteiger partial charge in [0.2, 0.25) is 0 Å². The summed E-state index contributed by atoms with van der Waals surface area (Å²) in [6, 6.07) is 0. The van der Waals surface area contributed by atoms with E-state index >= 15 is 0 Å². The van der Waals surface area contributed by atoms with Gasteiger partial charge < -0.3 is 0 Å². The summed E-state index contributed by atoms with van der Waals surface area (Å²) in [6.07, 6.45) is 7.58. The van der Waals surface area contributed by atoms with E-state index in [-0.39, 0.29) is 5.75 Å². The highest BCUT2D eigenvalue weighted by molar-refractivity contribution is 8.00. The highest BCUT2D eigenvalue weighted by Crippen LogP contribution is 2.39. The fourth-order valence-corrected chi connectivity index (χ4v) is 5.98. The molecule has 0 fully saturated rings. The van der Waals surface area contributed by atoms with Crippen molar-refractivity contribution in [2.75, 3.05) is 17.8 Å². The van der Waals surface area contributed by atoms with Crippen LogP contribution in [0.25, 0.3) is 10.2 Å². The molecule has 0 N–H and O–H groups in total. The third-order valence-electron chi connectivity index (χ3n) is 3.41. The van der Waals surface area contributed by atoms with Crippen molar-refractivity contribution >= 4 is 43.2 Å². The second-order valence-electron chi connectivity index (χ2n) is 5.05. The third-order valence-corrected chi connectivity index (χ3v) is 6.80. The van der Waals surface area contributed by atoms with Gasteiger partial charge in [0.25, 0.3) is 0 Å². The van der Waals surface area contributed by atoms with Crippen molar-refractivity contribution in [3.8, 4) is 0 Å². The molecular weight excluding hydrogens is 312 g/mol. The Morgan fingerprint density at radius 2 is 2.10 bits per heavy atom. The molecule has 1 aliphatic carbocycles. The lowest BCUT2D eigenvalue weighted by Crippen LogP contribution is -2.05. The zero-order valence-corrected chi connectivity index (χ0v) is 13.7. The largest absolute Gasteiger partial charge is 0.229 e. The zero-order valence-electron chi connectivity index (χ0n) is 11.3. The smallest absolute Gasteiger partial charge is 0.148 e. The van der Waals surface area contributed by atoms with Gasteiger partial charge in [-0.25, -0.2) is 18.4 Å². The van der Waals surface area contributed by atoms with Crippen molar-refractivity contribution in [2.45, 2.75) is 30.7 Å². The Hall–Kier alpha value is -0.660. The van der Waals surface area contributed by atoms with Gasteiger partial charge in [-0.2, -0.15) is 0 Å². The number of thioether (sulfide) groups is 1. The van der Waals surface area contributed by atoms with Crippen molar-refractivity contribution < 1.29 is 8.42 Å². The lowest BCUT2D eigenvalue weighted by atomic mass is 9.97. The van der Waals surface area contributed by atoms with E-state index in [1.54, 1.807) is 17.7 Å². The van der Waals surface area contributed by atoms with Gasteiger partial charge >= 0.3 is 0 Å². The molecule has 2 heterocycles. The Kier molecular flexibility index (Phi) is 4.01. The van der Waals surface area contributed by atoms with Crippen LogP contribution in [0.2, 0.25) is 0 Å². The fourth-order valence-electron chi connectivity index (χ4n) is 2.46. The predicted molar refractivity (Wildman–Crippen MR) is 84.5 cm³/mol. The summed E-state index contributed by atoms with van der Waals surface area (Å²) in [4.78, 5) is 11.2. The maximum absolute atomic E-state index is 11.2. The van der Waals surface area contributed by atoms with Gasteiger partial charge in [0, 0.05) is 22.3 Å². The van der Waals surface area contributed by atoms with Gasteiger partial charge in [-0.05, 0) is 31.2 Å². The van der Waals surface area contributed by atoms with E-state index in [4.69, 9.17) is 0 Å². The SMILES string of the molecule is CS(=O)(=O)CCSc1ncnc2sc3c(c12)CCCC3. The molecule has 2 aromatic rings. The lowest BCUT2D eigenvalue weighted by molar-refractivity contribution is 0.603. The quantitative estimate of drug-likeness (QED) is 0.638. The van der Waals surface area contributed by atoms with Crippen LogP contribution in [0, 0.1) is 0 Å². The summed E-state index contributed by atoms with van der Waals surface area (Å²) in [7, 11) is -2.91. The van der Waals surface area contributed by atoms with Crippen LogP contribution in [0.15, 0.2) is 11.4 Å². The Morgan fingerprint density at radius 1 is 1.30 bits per heavy atom. The molecule has 0 amide bonds. The summed E-state index contributed by atoms with van der Waals surface area (Å²) < 4.78 is 22.4. The topological polar surface area (TPSA) is 59.9 Å². The Labute approximate surface area is 126 Å². The van der Waals surface area contributed by atoms with E-state index in [9.17, 15) is 8.42 Å². The van der Waals surface area contributed by atoms with E-state index in [2.05, 4.69) is 9.97 Å². The maximum Gasteiger partial charge on any atom is 0.148 e. The third kappa shape index (κ3) is 2.99. The summed E-state index contributed by atoms with van der Waals surface area (Å²) >= 11 is 3.30. The molecule has 0 atom stereocenters. The van der Waals surface area contributed by atoms with Gasteiger partial charge in [0.1, 0.15) is 26.0 Å². The molecule has 0 spiro atoms. The molecule has 0 bridgehead atoms. The van der Waals surface area contributed by atoms with Crippen molar-refractivity contribution in [2.24, 2.45) is 0 Å². The fraction of sp³-hybridized carbons (Fsp3) is 0.538. The van der Waals surface area contributed by atoms with Crippen LogP contribution in [0.3, 0.4) is 0 Å². The normalized spacial score (nSPS) is 15.4. The van der Waals surface area contributed by atoms with Crippen LogP contribution < -0.4 is 0 Å². The van der Waals surface area contributed by atoms with Gasteiger partial charge in [-0.3, -0.25) is 0 Å². The average molecular weight is 328 g/mol.